The van der Waals surface area contributed by atoms with Crippen LogP contribution in [-0.2, 0) is 0 Å². The first kappa shape index (κ1) is 15.2. The number of rotatable bonds is 6. The Morgan fingerprint density at radius 3 is 2.83 bits per heavy atom. The quantitative estimate of drug-likeness (QED) is 0.614. The maximum absolute atomic E-state index is 12.2. The molecule has 1 amide bonds. The Morgan fingerprint density at radius 1 is 1.43 bits per heavy atom. The van der Waals surface area contributed by atoms with Gasteiger partial charge in [0, 0.05) is 24.8 Å². The van der Waals surface area contributed by atoms with E-state index in [4.69, 9.17) is 5.73 Å². The van der Waals surface area contributed by atoms with E-state index in [1.807, 2.05) is 0 Å². The molecule has 0 spiro atoms. The van der Waals surface area contributed by atoms with Crippen LogP contribution in [-0.4, -0.2) is 33.2 Å². The minimum Gasteiger partial charge on any atom is -0.346 e. The van der Waals surface area contributed by atoms with Crippen LogP contribution in [0.1, 0.15) is 23.3 Å². The summed E-state index contributed by atoms with van der Waals surface area (Å²) in [6, 6.07) is 7.74. The van der Waals surface area contributed by atoms with Crippen molar-refractivity contribution >= 4 is 11.6 Å². The monoisotopic (exact) mass is 315 g/mol. The summed E-state index contributed by atoms with van der Waals surface area (Å²) in [4.78, 5) is 22.8. The molecule has 0 aliphatic heterocycles. The molecule has 1 aliphatic rings. The summed E-state index contributed by atoms with van der Waals surface area (Å²) in [7, 11) is 0. The van der Waals surface area contributed by atoms with Crippen molar-refractivity contribution < 1.29 is 9.72 Å². The van der Waals surface area contributed by atoms with Gasteiger partial charge >= 0.3 is 0 Å². The molecule has 3 N–H and O–H groups in total. The number of nitrogens with two attached hydrogens (primary N) is 1. The van der Waals surface area contributed by atoms with Crippen LogP contribution in [0, 0.1) is 16.0 Å². The third kappa shape index (κ3) is 3.21. The van der Waals surface area contributed by atoms with E-state index in [2.05, 4.69) is 10.4 Å². The first-order chi connectivity index (χ1) is 11.1. The molecular formula is C15H17N5O3. The minimum atomic E-state index is -0.478. The zero-order chi connectivity index (χ0) is 16.4. The summed E-state index contributed by atoms with van der Waals surface area (Å²) in [6.07, 6.45) is 3.69. The Hall–Kier alpha value is -2.74. The zero-order valence-electron chi connectivity index (χ0n) is 12.4. The van der Waals surface area contributed by atoms with Gasteiger partial charge in [-0.2, -0.15) is 5.10 Å². The summed E-state index contributed by atoms with van der Waals surface area (Å²) < 4.78 is 1.33. The number of nitrogens with one attached hydrogen (secondary N) is 1. The Balaban J connectivity index is 1.80. The second kappa shape index (κ2) is 6.17. The van der Waals surface area contributed by atoms with Crippen molar-refractivity contribution in [2.45, 2.75) is 18.9 Å². The van der Waals surface area contributed by atoms with Gasteiger partial charge in [0.25, 0.3) is 11.6 Å². The Bertz CT molecular complexity index is 738. The van der Waals surface area contributed by atoms with Crippen molar-refractivity contribution in [3.8, 4) is 5.69 Å². The zero-order valence-corrected chi connectivity index (χ0v) is 12.4. The van der Waals surface area contributed by atoms with Gasteiger partial charge in [0.05, 0.1) is 4.92 Å². The smallest absolute Gasteiger partial charge is 0.294 e. The van der Waals surface area contributed by atoms with Gasteiger partial charge in [-0.15, -0.1) is 0 Å². The van der Waals surface area contributed by atoms with Crippen LogP contribution in [0.15, 0.2) is 36.5 Å². The van der Waals surface area contributed by atoms with Gasteiger partial charge in [0.2, 0.25) is 0 Å². The number of hydrogen-bond donors (Lipinski definition) is 2. The van der Waals surface area contributed by atoms with Gasteiger partial charge in [0.15, 0.2) is 5.69 Å². The number of nitrogens with zero attached hydrogens (tertiary/aromatic N) is 3. The molecule has 1 atom stereocenters. The number of carbonyl (C=O) groups excluding carboxylic acids is 1. The second-order valence-corrected chi connectivity index (χ2v) is 5.54. The van der Waals surface area contributed by atoms with E-state index in [1.54, 1.807) is 18.2 Å². The standard InChI is InChI=1S/C15H17N5O3/c16-9-12(10-5-6-10)17-15(21)11-7-8-19(18-11)13-3-1-2-4-14(13)20(22)23/h1-4,7-8,10,12H,5-6,9,16H2,(H,17,21). The number of hydrogen-bond acceptors (Lipinski definition) is 5. The number of nitro benzene ring substituents is 1. The molecule has 8 heteroatoms. The molecule has 1 fully saturated rings. The van der Waals surface area contributed by atoms with Crippen LogP contribution in [0.2, 0.25) is 0 Å². The third-order valence-corrected chi connectivity index (χ3v) is 3.91. The fraction of sp³-hybridized carbons (Fsp3) is 0.333. The summed E-state index contributed by atoms with van der Waals surface area (Å²) >= 11 is 0. The highest BCUT2D eigenvalue weighted by molar-refractivity contribution is 5.92. The highest BCUT2D eigenvalue weighted by Crippen LogP contribution is 2.32. The average Bonchev–Trinajstić information content (AvgIpc) is 3.28. The van der Waals surface area contributed by atoms with E-state index in [9.17, 15) is 14.9 Å². The fourth-order valence-electron chi connectivity index (χ4n) is 2.50. The Kier molecular flexibility index (Phi) is 4.07. The van der Waals surface area contributed by atoms with E-state index in [0.29, 0.717) is 18.2 Å². The lowest BCUT2D eigenvalue weighted by Crippen LogP contribution is -2.41. The topological polar surface area (TPSA) is 116 Å². The molecule has 2 aromatic rings. The number of benzene rings is 1. The molecule has 1 aromatic heterocycles. The molecule has 8 nitrogen and oxygen atoms in total. The highest BCUT2D eigenvalue weighted by atomic mass is 16.6. The maximum atomic E-state index is 12.2. The van der Waals surface area contributed by atoms with Gasteiger partial charge in [-0.1, -0.05) is 12.1 Å². The number of carbonyl (C=O) groups is 1. The van der Waals surface area contributed by atoms with E-state index >= 15 is 0 Å². The molecule has 0 bridgehead atoms. The highest BCUT2D eigenvalue weighted by Gasteiger charge is 2.31. The lowest BCUT2D eigenvalue weighted by atomic mass is 10.2. The number of aromatic nitrogens is 2. The van der Waals surface area contributed by atoms with E-state index in [0.717, 1.165) is 12.8 Å². The Morgan fingerprint density at radius 2 is 2.17 bits per heavy atom. The average molecular weight is 315 g/mol. The third-order valence-electron chi connectivity index (χ3n) is 3.91. The predicted octanol–water partition coefficient (Wildman–Crippen LogP) is 1.25. The summed E-state index contributed by atoms with van der Waals surface area (Å²) in [5, 5.41) is 18.1. The molecule has 1 aliphatic carbocycles. The minimum absolute atomic E-state index is 0.0429. The van der Waals surface area contributed by atoms with Gasteiger partial charge in [-0.25, -0.2) is 4.68 Å². The first-order valence-corrected chi connectivity index (χ1v) is 7.40. The van der Waals surface area contributed by atoms with E-state index in [-0.39, 0.29) is 23.3 Å². The number of nitro groups is 1. The second-order valence-electron chi connectivity index (χ2n) is 5.54. The SMILES string of the molecule is NCC(NC(=O)c1ccn(-c2ccccc2[N+](=O)[O-])n1)C1CC1. The molecule has 120 valence electrons. The molecule has 3 rings (SSSR count). The lowest BCUT2D eigenvalue weighted by molar-refractivity contribution is -0.384. The molecule has 1 unspecified atom stereocenters. The summed E-state index contributed by atoms with van der Waals surface area (Å²) in [6.45, 7) is 0.390. The normalized spacial score (nSPS) is 15.2. The summed E-state index contributed by atoms with van der Waals surface area (Å²) in [5.41, 5.74) is 6.13. The van der Waals surface area contributed by atoms with Crippen LogP contribution in [0.3, 0.4) is 0 Å². The van der Waals surface area contributed by atoms with E-state index < -0.39 is 4.92 Å². The van der Waals surface area contributed by atoms with Gasteiger partial charge in [0.1, 0.15) is 5.69 Å². The predicted molar refractivity (Wildman–Crippen MR) is 83.3 cm³/mol. The van der Waals surface area contributed by atoms with Crippen LogP contribution >= 0.6 is 0 Å². The molecule has 1 aromatic carbocycles. The van der Waals surface area contributed by atoms with Crippen LogP contribution in [0.4, 0.5) is 5.69 Å². The molecule has 1 heterocycles. The van der Waals surface area contributed by atoms with Gasteiger partial charge in [-0.05, 0) is 30.9 Å². The van der Waals surface area contributed by atoms with Crippen LogP contribution < -0.4 is 11.1 Å². The number of para-hydroxylation sites is 2. The van der Waals surface area contributed by atoms with Crippen molar-refractivity contribution in [2.75, 3.05) is 6.54 Å². The fourth-order valence-corrected chi connectivity index (χ4v) is 2.50. The molecular weight excluding hydrogens is 298 g/mol. The van der Waals surface area contributed by atoms with Crippen molar-refractivity contribution in [1.29, 1.82) is 0 Å². The van der Waals surface area contributed by atoms with Gasteiger partial charge < -0.3 is 11.1 Å². The van der Waals surface area contributed by atoms with Crippen molar-refractivity contribution in [1.82, 2.24) is 15.1 Å². The van der Waals surface area contributed by atoms with Crippen molar-refractivity contribution in [2.24, 2.45) is 11.7 Å². The maximum Gasteiger partial charge on any atom is 0.294 e. The largest absolute Gasteiger partial charge is 0.346 e. The van der Waals surface area contributed by atoms with E-state index in [1.165, 1.54) is 23.0 Å². The number of amides is 1. The lowest BCUT2D eigenvalue weighted by Gasteiger charge is -2.14. The van der Waals surface area contributed by atoms with Crippen molar-refractivity contribution in [3.05, 3.63) is 52.3 Å². The molecule has 23 heavy (non-hydrogen) atoms. The van der Waals surface area contributed by atoms with Gasteiger partial charge in [-0.3, -0.25) is 14.9 Å². The van der Waals surface area contributed by atoms with Crippen molar-refractivity contribution in [3.63, 3.8) is 0 Å². The summed E-state index contributed by atoms with van der Waals surface area (Å²) in [5.74, 6) is 0.130. The first-order valence-electron chi connectivity index (χ1n) is 7.40. The van der Waals surface area contributed by atoms with Crippen LogP contribution in [0.25, 0.3) is 5.69 Å². The molecule has 0 radical (unpaired) electrons. The van der Waals surface area contributed by atoms with Crippen LogP contribution in [0.5, 0.6) is 0 Å². The molecule has 0 saturated heterocycles. The molecule has 1 saturated carbocycles. The Labute approximate surface area is 132 Å².